The fraction of sp³-hybridized carbons (Fsp3) is 0.227. The zero-order valence-electron chi connectivity index (χ0n) is 15.6. The second kappa shape index (κ2) is 7.98. The number of likely N-dealkylation sites (N-methyl/N-ethyl adjacent to an activating group) is 1. The first kappa shape index (κ1) is 18.4. The molecule has 28 heavy (non-hydrogen) atoms. The second-order valence-corrected chi connectivity index (χ2v) is 7.23. The molecule has 1 atom stereocenters. The zero-order chi connectivity index (χ0) is 19.5. The summed E-state index contributed by atoms with van der Waals surface area (Å²) in [6.07, 6.45) is 4.43. The number of fused-ring (bicyclic) bond motifs is 2. The van der Waals surface area contributed by atoms with Crippen molar-refractivity contribution in [2.75, 3.05) is 30.4 Å². The highest BCUT2D eigenvalue weighted by molar-refractivity contribution is 6.31. The van der Waals surface area contributed by atoms with Crippen LogP contribution in [0.5, 0.6) is 0 Å². The highest BCUT2D eigenvalue weighted by Gasteiger charge is 2.33. The van der Waals surface area contributed by atoms with Gasteiger partial charge in [0.15, 0.2) is 0 Å². The first-order chi connectivity index (χ1) is 13.6. The molecule has 0 radical (unpaired) electrons. The fourth-order valence-electron chi connectivity index (χ4n) is 3.51. The number of amides is 1. The normalized spacial score (nSPS) is 16.1. The van der Waals surface area contributed by atoms with Crippen LogP contribution in [0.4, 0.5) is 11.4 Å². The number of carbonyl (C=O) groups excluding carboxylic acids is 1. The topological polar surface area (TPSA) is 57.6 Å². The van der Waals surface area contributed by atoms with Crippen LogP contribution < -0.4 is 10.2 Å². The van der Waals surface area contributed by atoms with Crippen LogP contribution in [-0.4, -0.2) is 37.2 Å². The Bertz CT molecular complexity index is 1050. The number of halogens is 1. The molecule has 0 saturated carbocycles. The van der Waals surface area contributed by atoms with Gasteiger partial charge in [-0.2, -0.15) is 0 Å². The highest BCUT2D eigenvalue weighted by Crippen LogP contribution is 2.34. The van der Waals surface area contributed by atoms with Crippen molar-refractivity contribution in [3.63, 3.8) is 0 Å². The maximum absolute atomic E-state index is 12.4. The van der Waals surface area contributed by atoms with Gasteiger partial charge >= 0.3 is 0 Å². The van der Waals surface area contributed by atoms with E-state index < -0.39 is 0 Å². The van der Waals surface area contributed by atoms with Gasteiger partial charge in [-0.05, 0) is 42.3 Å². The molecule has 0 saturated heterocycles. The van der Waals surface area contributed by atoms with E-state index in [0.717, 1.165) is 40.8 Å². The van der Waals surface area contributed by atoms with E-state index in [9.17, 15) is 4.79 Å². The summed E-state index contributed by atoms with van der Waals surface area (Å²) >= 11 is 6.03. The third-order valence-corrected chi connectivity index (χ3v) is 5.20. The molecule has 1 aliphatic heterocycles. The largest absolute Gasteiger partial charge is 0.384 e. The van der Waals surface area contributed by atoms with Crippen LogP contribution in [0.15, 0.2) is 59.7 Å². The standard InChI is InChI=1S/C22H21ClN4O/c1-27-21-6-3-2-5-16(21)18(22(27)28)14-24-10-4-11-25-19-9-12-26-20-13-15(23)7-8-17(19)20/h2-3,5-9,12-14,18H,4,10-11H2,1H3,(H,25,26). The predicted octanol–water partition coefficient (Wildman–Crippen LogP) is 4.52. The predicted molar refractivity (Wildman–Crippen MR) is 116 cm³/mol. The first-order valence-corrected chi connectivity index (χ1v) is 9.67. The number of nitrogens with one attached hydrogen (secondary N) is 1. The van der Waals surface area contributed by atoms with Gasteiger partial charge in [0.05, 0.1) is 5.52 Å². The van der Waals surface area contributed by atoms with Crippen molar-refractivity contribution >= 4 is 46.0 Å². The number of hydrogen-bond donors (Lipinski definition) is 1. The molecular formula is C22H21ClN4O. The molecule has 0 fully saturated rings. The Balaban J connectivity index is 1.33. The molecule has 1 amide bonds. The van der Waals surface area contributed by atoms with Crippen LogP contribution >= 0.6 is 11.6 Å². The zero-order valence-corrected chi connectivity index (χ0v) is 16.4. The minimum absolute atomic E-state index is 0.0741. The SMILES string of the molecule is CN1C(=O)C(C=NCCCNc2ccnc3cc(Cl)ccc23)c2ccccc21. The van der Waals surface area contributed by atoms with Gasteiger partial charge in [-0.15, -0.1) is 0 Å². The van der Waals surface area contributed by atoms with Crippen LogP contribution in [0.25, 0.3) is 10.9 Å². The summed E-state index contributed by atoms with van der Waals surface area (Å²) in [5, 5.41) is 5.16. The lowest BCUT2D eigenvalue weighted by molar-refractivity contribution is -0.117. The average Bonchev–Trinajstić information content (AvgIpc) is 2.95. The van der Waals surface area contributed by atoms with Crippen molar-refractivity contribution in [3.8, 4) is 0 Å². The Morgan fingerprint density at radius 1 is 1.25 bits per heavy atom. The quantitative estimate of drug-likeness (QED) is 0.495. The first-order valence-electron chi connectivity index (χ1n) is 9.30. The molecule has 2 heterocycles. The monoisotopic (exact) mass is 392 g/mol. The Kier molecular flexibility index (Phi) is 5.26. The third kappa shape index (κ3) is 3.58. The fourth-order valence-corrected chi connectivity index (χ4v) is 3.68. The molecule has 1 aromatic heterocycles. The molecule has 5 nitrogen and oxygen atoms in total. The highest BCUT2D eigenvalue weighted by atomic mass is 35.5. The van der Waals surface area contributed by atoms with Gasteiger partial charge in [0, 0.05) is 54.3 Å². The molecule has 6 heteroatoms. The number of benzene rings is 2. The van der Waals surface area contributed by atoms with E-state index in [4.69, 9.17) is 11.6 Å². The number of aliphatic imine (C=N–C) groups is 1. The van der Waals surface area contributed by atoms with E-state index in [1.54, 1.807) is 17.3 Å². The van der Waals surface area contributed by atoms with Crippen molar-refractivity contribution in [3.05, 3.63) is 65.3 Å². The van der Waals surface area contributed by atoms with Gasteiger partial charge in [-0.1, -0.05) is 29.8 Å². The Morgan fingerprint density at radius 2 is 2.11 bits per heavy atom. The number of pyridine rings is 1. The Morgan fingerprint density at radius 3 is 3.00 bits per heavy atom. The summed E-state index contributed by atoms with van der Waals surface area (Å²) in [7, 11) is 1.81. The van der Waals surface area contributed by atoms with Crippen molar-refractivity contribution in [2.24, 2.45) is 4.99 Å². The average molecular weight is 393 g/mol. The van der Waals surface area contributed by atoms with E-state index in [-0.39, 0.29) is 11.8 Å². The molecule has 1 unspecified atom stereocenters. The molecule has 3 aromatic rings. The summed E-state index contributed by atoms with van der Waals surface area (Å²) in [6, 6.07) is 15.5. The second-order valence-electron chi connectivity index (χ2n) is 6.79. The number of hydrogen-bond acceptors (Lipinski definition) is 4. The van der Waals surface area contributed by atoms with Gasteiger partial charge < -0.3 is 10.2 Å². The lowest BCUT2D eigenvalue weighted by atomic mass is 10.0. The van der Waals surface area contributed by atoms with Crippen molar-refractivity contribution in [1.29, 1.82) is 0 Å². The lowest BCUT2D eigenvalue weighted by Gasteiger charge is -2.09. The number of carbonyl (C=O) groups is 1. The molecule has 0 spiro atoms. The summed E-state index contributed by atoms with van der Waals surface area (Å²) < 4.78 is 0. The van der Waals surface area contributed by atoms with Gasteiger partial charge in [0.1, 0.15) is 5.92 Å². The van der Waals surface area contributed by atoms with E-state index in [1.807, 2.05) is 55.6 Å². The van der Waals surface area contributed by atoms with Crippen molar-refractivity contribution in [2.45, 2.75) is 12.3 Å². The Labute approximate surface area is 169 Å². The van der Waals surface area contributed by atoms with Crippen molar-refractivity contribution in [1.82, 2.24) is 4.98 Å². The van der Waals surface area contributed by atoms with Gasteiger partial charge in [-0.25, -0.2) is 0 Å². The summed E-state index contributed by atoms with van der Waals surface area (Å²) in [6.45, 7) is 1.45. The Hall–Kier alpha value is -2.92. The molecule has 2 aromatic carbocycles. The van der Waals surface area contributed by atoms with Crippen molar-refractivity contribution < 1.29 is 4.79 Å². The molecule has 4 rings (SSSR count). The lowest BCUT2D eigenvalue weighted by Crippen LogP contribution is -2.24. The van der Waals surface area contributed by atoms with E-state index >= 15 is 0 Å². The van der Waals surface area contributed by atoms with Crippen LogP contribution in [0, 0.1) is 0 Å². The summed E-state index contributed by atoms with van der Waals surface area (Å²) in [4.78, 5) is 23.0. The molecule has 0 bridgehead atoms. The summed E-state index contributed by atoms with van der Waals surface area (Å²) in [5.41, 5.74) is 3.90. The molecule has 0 aliphatic carbocycles. The number of para-hydroxylation sites is 1. The number of anilines is 2. The van der Waals surface area contributed by atoms with E-state index in [2.05, 4.69) is 15.3 Å². The number of nitrogens with zero attached hydrogens (tertiary/aromatic N) is 3. The molecule has 1 N–H and O–H groups in total. The molecule has 1 aliphatic rings. The van der Waals surface area contributed by atoms with Gasteiger partial charge in [-0.3, -0.25) is 14.8 Å². The smallest absolute Gasteiger partial charge is 0.239 e. The maximum atomic E-state index is 12.4. The van der Waals surface area contributed by atoms with E-state index in [1.165, 1.54) is 0 Å². The van der Waals surface area contributed by atoms with Crippen LogP contribution in [0.1, 0.15) is 17.9 Å². The maximum Gasteiger partial charge on any atom is 0.239 e. The number of aromatic nitrogens is 1. The molecule has 142 valence electrons. The van der Waals surface area contributed by atoms with Gasteiger partial charge in [0.25, 0.3) is 0 Å². The van der Waals surface area contributed by atoms with Crippen LogP contribution in [0.2, 0.25) is 5.02 Å². The van der Waals surface area contributed by atoms with Crippen LogP contribution in [0.3, 0.4) is 0 Å². The summed E-state index contributed by atoms with van der Waals surface area (Å²) in [5.74, 6) is -0.201. The van der Waals surface area contributed by atoms with Gasteiger partial charge in [0.2, 0.25) is 5.91 Å². The van der Waals surface area contributed by atoms with Crippen LogP contribution in [-0.2, 0) is 4.79 Å². The molecular weight excluding hydrogens is 372 g/mol. The van der Waals surface area contributed by atoms with E-state index in [0.29, 0.717) is 11.6 Å². The third-order valence-electron chi connectivity index (χ3n) is 4.97. The minimum atomic E-state index is -0.275. The number of rotatable bonds is 6. The minimum Gasteiger partial charge on any atom is -0.384 e.